The van der Waals surface area contributed by atoms with Gasteiger partial charge in [-0.25, -0.2) is 9.37 Å². The fraction of sp³-hybridized carbons (Fsp3) is 0.273. The molecule has 0 radical (unpaired) electrons. The summed E-state index contributed by atoms with van der Waals surface area (Å²) < 4.78 is 14.0. The Morgan fingerprint density at radius 1 is 1.03 bits per heavy atom. The first-order valence-electron chi connectivity index (χ1n) is 9.67. The maximum Gasteiger partial charge on any atom is 0.271 e. The van der Waals surface area contributed by atoms with Crippen molar-refractivity contribution in [1.82, 2.24) is 15.2 Å². The summed E-state index contributed by atoms with van der Waals surface area (Å²) in [4.78, 5) is 21.2. The number of nitrogens with one attached hydrogen (secondary N) is 1. The Labute approximate surface area is 173 Å². The highest BCUT2D eigenvalue weighted by Crippen LogP contribution is 2.21. The average molecular weight is 411 g/mol. The molecule has 1 aliphatic heterocycles. The van der Waals surface area contributed by atoms with Gasteiger partial charge in [0.25, 0.3) is 5.91 Å². The Morgan fingerprint density at radius 3 is 2.52 bits per heavy atom. The predicted octanol–water partition coefficient (Wildman–Crippen LogP) is 3.53. The first kappa shape index (κ1) is 19.5. The zero-order valence-corrected chi connectivity index (χ0v) is 16.9. The molecule has 2 aromatic carbocycles. The molecule has 0 spiro atoms. The number of amides is 1. The highest BCUT2D eigenvalue weighted by molar-refractivity contribution is 7.09. The smallest absolute Gasteiger partial charge is 0.271 e. The number of para-hydroxylation sites is 1. The Morgan fingerprint density at radius 2 is 1.76 bits per heavy atom. The number of halogens is 1. The lowest BCUT2D eigenvalue weighted by Crippen LogP contribution is -2.46. The van der Waals surface area contributed by atoms with Crippen molar-refractivity contribution in [1.29, 1.82) is 0 Å². The molecule has 0 bridgehead atoms. The molecule has 0 aliphatic carbocycles. The maximum atomic E-state index is 14.0. The van der Waals surface area contributed by atoms with E-state index in [9.17, 15) is 9.18 Å². The van der Waals surface area contributed by atoms with Crippen LogP contribution >= 0.6 is 11.3 Å². The van der Waals surface area contributed by atoms with E-state index in [2.05, 4.69) is 20.1 Å². The van der Waals surface area contributed by atoms with E-state index in [0.717, 1.165) is 36.8 Å². The van der Waals surface area contributed by atoms with Crippen molar-refractivity contribution in [3.05, 3.63) is 82.1 Å². The largest absolute Gasteiger partial charge is 0.367 e. The third-order valence-corrected chi connectivity index (χ3v) is 5.84. The number of anilines is 1. The molecule has 1 aliphatic rings. The zero-order valence-electron chi connectivity index (χ0n) is 16.1. The van der Waals surface area contributed by atoms with Gasteiger partial charge in [0.2, 0.25) is 0 Å². The number of piperazine rings is 1. The van der Waals surface area contributed by atoms with Crippen molar-refractivity contribution in [3.8, 4) is 0 Å². The molecule has 29 heavy (non-hydrogen) atoms. The molecule has 5 nitrogen and oxygen atoms in total. The van der Waals surface area contributed by atoms with Gasteiger partial charge < -0.3 is 10.2 Å². The summed E-state index contributed by atoms with van der Waals surface area (Å²) in [6.07, 6.45) is 0. The third kappa shape index (κ3) is 4.99. The molecule has 0 atom stereocenters. The van der Waals surface area contributed by atoms with Crippen LogP contribution in [0.3, 0.4) is 0 Å². The summed E-state index contributed by atoms with van der Waals surface area (Å²) in [7, 11) is 0. The van der Waals surface area contributed by atoms with Crippen LogP contribution in [0.25, 0.3) is 0 Å². The second-order valence-corrected chi connectivity index (χ2v) is 7.95. The fourth-order valence-corrected chi connectivity index (χ4v) is 4.22. The molecule has 150 valence electrons. The van der Waals surface area contributed by atoms with Gasteiger partial charge in [0.05, 0.1) is 12.2 Å². The van der Waals surface area contributed by atoms with Crippen LogP contribution in [0.1, 0.15) is 21.1 Å². The van der Waals surface area contributed by atoms with Crippen LogP contribution in [-0.2, 0) is 13.1 Å². The normalized spacial score (nSPS) is 14.7. The quantitative estimate of drug-likeness (QED) is 0.675. The molecule has 0 saturated carbocycles. The monoisotopic (exact) mass is 410 g/mol. The standard InChI is InChI=1S/C22H23FN4OS/c23-18-8-4-5-9-20(18)27-12-10-26(11-13-27)15-21-25-19(16-29-21)22(28)24-14-17-6-2-1-3-7-17/h1-9,16H,10-15H2,(H,24,28). The van der Waals surface area contributed by atoms with Gasteiger partial charge in [-0.15, -0.1) is 11.3 Å². The molecule has 7 heteroatoms. The maximum absolute atomic E-state index is 14.0. The molecular formula is C22H23FN4OS. The van der Waals surface area contributed by atoms with Gasteiger partial charge in [0, 0.05) is 38.1 Å². The first-order valence-corrected chi connectivity index (χ1v) is 10.6. The number of benzene rings is 2. The van der Waals surface area contributed by atoms with Gasteiger partial charge in [-0.05, 0) is 17.7 Å². The van der Waals surface area contributed by atoms with Crippen LogP contribution in [0.15, 0.2) is 60.0 Å². The van der Waals surface area contributed by atoms with E-state index in [4.69, 9.17) is 0 Å². The number of rotatable bonds is 6. The number of carbonyl (C=O) groups is 1. The van der Waals surface area contributed by atoms with Gasteiger partial charge in [-0.1, -0.05) is 42.5 Å². The molecule has 0 unspecified atom stereocenters. The topological polar surface area (TPSA) is 48.5 Å². The molecule has 4 rings (SSSR count). The van der Waals surface area contributed by atoms with Gasteiger partial charge >= 0.3 is 0 Å². The average Bonchev–Trinajstić information content (AvgIpc) is 3.22. The van der Waals surface area contributed by atoms with E-state index >= 15 is 0 Å². The summed E-state index contributed by atoms with van der Waals surface area (Å²) in [6.45, 7) is 4.42. The van der Waals surface area contributed by atoms with E-state index < -0.39 is 0 Å². The number of hydrogen-bond acceptors (Lipinski definition) is 5. The Balaban J connectivity index is 1.27. The van der Waals surface area contributed by atoms with E-state index in [1.54, 1.807) is 6.07 Å². The lowest BCUT2D eigenvalue weighted by molar-refractivity contribution is 0.0946. The Hall–Kier alpha value is -2.77. The van der Waals surface area contributed by atoms with Crippen LogP contribution in [0.5, 0.6) is 0 Å². The van der Waals surface area contributed by atoms with Crippen molar-refractivity contribution < 1.29 is 9.18 Å². The molecule has 1 N–H and O–H groups in total. The third-order valence-electron chi connectivity index (χ3n) is 5.00. The van der Waals surface area contributed by atoms with Crippen LogP contribution in [0.2, 0.25) is 0 Å². The number of aromatic nitrogens is 1. The number of hydrogen-bond donors (Lipinski definition) is 1. The molecule has 3 aromatic rings. The van der Waals surface area contributed by atoms with Gasteiger partial charge in [0.1, 0.15) is 16.5 Å². The summed E-state index contributed by atoms with van der Waals surface area (Å²) in [6, 6.07) is 16.7. The second-order valence-electron chi connectivity index (χ2n) is 7.01. The van der Waals surface area contributed by atoms with E-state index in [1.807, 2.05) is 47.8 Å². The minimum absolute atomic E-state index is 0.152. The summed E-state index contributed by atoms with van der Waals surface area (Å²) in [5.41, 5.74) is 2.19. The van der Waals surface area contributed by atoms with Crippen LogP contribution in [0.4, 0.5) is 10.1 Å². The van der Waals surface area contributed by atoms with E-state index in [0.29, 0.717) is 24.5 Å². The lowest BCUT2D eigenvalue weighted by atomic mass is 10.2. The van der Waals surface area contributed by atoms with E-state index in [-0.39, 0.29) is 11.7 Å². The first-order chi connectivity index (χ1) is 14.2. The number of thiazole rings is 1. The lowest BCUT2D eigenvalue weighted by Gasteiger charge is -2.35. The van der Waals surface area contributed by atoms with Gasteiger partial charge in [0.15, 0.2) is 0 Å². The molecule has 1 fully saturated rings. The second kappa shape index (κ2) is 9.15. The molecule has 2 heterocycles. The van der Waals surface area contributed by atoms with Crippen molar-refractivity contribution in [2.24, 2.45) is 0 Å². The highest BCUT2D eigenvalue weighted by Gasteiger charge is 2.20. The van der Waals surface area contributed by atoms with Gasteiger partial charge in [-0.3, -0.25) is 9.69 Å². The van der Waals surface area contributed by atoms with Crippen LogP contribution < -0.4 is 10.2 Å². The van der Waals surface area contributed by atoms with Crippen LogP contribution in [0, 0.1) is 5.82 Å². The summed E-state index contributed by atoms with van der Waals surface area (Å²) in [5, 5.41) is 5.65. The van der Waals surface area contributed by atoms with Crippen LogP contribution in [-0.4, -0.2) is 42.0 Å². The Kier molecular flexibility index (Phi) is 6.17. The van der Waals surface area contributed by atoms with Crippen molar-refractivity contribution >= 4 is 22.9 Å². The fourth-order valence-electron chi connectivity index (χ4n) is 3.40. The molecular weight excluding hydrogens is 387 g/mol. The minimum Gasteiger partial charge on any atom is -0.367 e. The van der Waals surface area contributed by atoms with E-state index in [1.165, 1.54) is 17.4 Å². The number of carbonyl (C=O) groups excluding carboxylic acids is 1. The molecule has 1 aromatic heterocycles. The molecule has 1 amide bonds. The predicted molar refractivity (Wildman–Crippen MR) is 114 cm³/mol. The van der Waals surface area contributed by atoms with Crippen molar-refractivity contribution in [2.75, 3.05) is 31.1 Å². The highest BCUT2D eigenvalue weighted by atomic mass is 32.1. The Bertz CT molecular complexity index is 954. The zero-order chi connectivity index (χ0) is 20.1. The molecule has 1 saturated heterocycles. The minimum atomic E-state index is -0.174. The summed E-state index contributed by atoms with van der Waals surface area (Å²) >= 11 is 1.51. The van der Waals surface area contributed by atoms with Crippen molar-refractivity contribution in [3.63, 3.8) is 0 Å². The SMILES string of the molecule is O=C(NCc1ccccc1)c1csc(CN2CCN(c3ccccc3F)CC2)n1. The van der Waals surface area contributed by atoms with Crippen molar-refractivity contribution in [2.45, 2.75) is 13.1 Å². The number of nitrogens with zero attached hydrogens (tertiary/aromatic N) is 3. The van der Waals surface area contributed by atoms with Gasteiger partial charge in [-0.2, -0.15) is 0 Å². The summed E-state index contributed by atoms with van der Waals surface area (Å²) in [5.74, 6) is -0.326.